The molecule has 0 radical (unpaired) electrons. The van der Waals surface area contributed by atoms with Crippen molar-refractivity contribution in [3.63, 3.8) is 0 Å². The Balaban J connectivity index is 2.55. The Kier molecular flexibility index (Phi) is 2.80. The lowest BCUT2D eigenvalue weighted by Gasteiger charge is -2.24. The minimum Gasteiger partial charge on any atom is -0.312 e. The van der Waals surface area contributed by atoms with Crippen LogP contribution < -0.4 is 0 Å². The van der Waals surface area contributed by atoms with Crippen LogP contribution in [0, 0.1) is 6.92 Å². The second-order valence-electron chi connectivity index (χ2n) is 4.57. The molecular weight excluding hydrogens is 367 g/mol. The quantitative estimate of drug-likeness (QED) is 0.629. The van der Waals surface area contributed by atoms with Gasteiger partial charge >= 0.3 is 0 Å². The summed E-state index contributed by atoms with van der Waals surface area (Å²) < 4.78 is 4.25. The summed E-state index contributed by atoms with van der Waals surface area (Å²) >= 11 is 13.5. The van der Waals surface area contributed by atoms with Gasteiger partial charge in [-0.05, 0) is 81.3 Å². The van der Waals surface area contributed by atoms with Crippen LogP contribution in [0.15, 0.2) is 8.95 Å². The zero-order valence-electron chi connectivity index (χ0n) is 9.52. The third-order valence-electron chi connectivity index (χ3n) is 3.59. The van der Waals surface area contributed by atoms with Gasteiger partial charge in [-0.1, -0.05) is 0 Å². The Labute approximate surface area is 122 Å². The molecular formula is C12H11Br2ClN2. The molecule has 1 aromatic heterocycles. The minimum atomic E-state index is 0.424. The second-order valence-corrected chi connectivity index (χ2v) is 6.49. The van der Waals surface area contributed by atoms with Gasteiger partial charge in [0.25, 0.3) is 0 Å². The summed E-state index contributed by atoms with van der Waals surface area (Å²) in [5.74, 6) is 0. The number of imidazole rings is 1. The Bertz CT molecular complexity index is 633. The van der Waals surface area contributed by atoms with Crippen LogP contribution in [-0.4, -0.2) is 9.55 Å². The van der Waals surface area contributed by atoms with Crippen LogP contribution in [-0.2, 0) is 6.42 Å². The first-order valence-electron chi connectivity index (χ1n) is 5.56. The largest absolute Gasteiger partial charge is 0.312 e. The maximum atomic E-state index is 6.26. The van der Waals surface area contributed by atoms with E-state index in [2.05, 4.69) is 55.3 Å². The zero-order chi connectivity index (χ0) is 12.3. The van der Waals surface area contributed by atoms with Crippen molar-refractivity contribution in [2.75, 3.05) is 0 Å². The van der Waals surface area contributed by atoms with E-state index in [-0.39, 0.29) is 0 Å². The first-order valence-corrected chi connectivity index (χ1v) is 7.52. The van der Waals surface area contributed by atoms with E-state index < -0.39 is 0 Å². The predicted octanol–water partition coefficient (Wildman–Crippen LogP) is 5.03. The molecule has 2 aromatic rings. The molecule has 0 saturated heterocycles. The van der Waals surface area contributed by atoms with Crippen molar-refractivity contribution in [1.82, 2.24) is 9.55 Å². The molecule has 5 heteroatoms. The van der Waals surface area contributed by atoms with E-state index in [1.165, 1.54) is 16.6 Å². The molecule has 0 N–H and O–H groups in total. The number of hydrogen-bond acceptors (Lipinski definition) is 1. The van der Waals surface area contributed by atoms with Crippen LogP contribution in [0.2, 0.25) is 5.28 Å². The van der Waals surface area contributed by atoms with Crippen LogP contribution in [0.1, 0.15) is 30.5 Å². The Morgan fingerprint density at radius 2 is 2.06 bits per heavy atom. The SMILES string of the molecule is Cc1c(Br)c(Br)c2nc(Cl)n3c2c1CCC3C. The van der Waals surface area contributed by atoms with Crippen LogP contribution >= 0.6 is 43.5 Å². The number of aryl methyl sites for hydroxylation is 1. The van der Waals surface area contributed by atoms with Gasteiger partial charge in [0, 0.05) is 10.5 Å². The van der Waals surface area contributed by atoms with Gasteiger partial charge in [0.2, 0.25) is 5.28 Å². The molecule has 3 rings (SSSR count). The highest BCUT2D eigenvalue weighted by atomic mass is 79.9. The molecule has 0 spiro atoms. The van der Waals surface area contributed by atoms with Crippen LogP contribution in [0.25, 0.3) is 11.0 Å². The van der Waals surface area contributed by atoms with Gasteiger partial charge < -0.3 is 4.57 Å². The number of aromatic nitrogens is 2. The molecule has 1 aliphatic rings. The average molecular weight is 378 g/mol. The van der Waals surface area contributed by atoms with E-state index in [1.807, 2.05) is 0 Å². The fraction of sp³-hybridized carbons (Fsp3) is 0.417. The highest BCUT2D eigenvalue weighted by molar-refractivity contribution is 9.13. The molecule has 2 nitrogen and oxygen atoms in total. The molecule has 0 saturated carbocycles. The van der Waals surface area contributed by atoms with E-state index in [9.17, 15) is 0 Å². The molecule has 1 aliphatic heterocycles. The molecule has 0 bridgehead atoms. The van der Waals surface area contributed by atoms with E-state index in [0.29, 0.717) is 11.3 Å². The van der Waals surface area contributed by atoms with Gasteiger partial charge in [-0.15, -0.1) is 0 Å². The summed E-state index contributed by atoms with van der Waals surface area (Å²) in [6.45, 7) is 4.34. The molecule has 0 fully saturated rings. The summed E-state index contributed by atoms with van der Waals surface area (Å²) in [5.41, 5.74) is 4.82. The molecule has 1 atom stereocenters. The van der Waals surface area contributed by atoms with Crippen LogP contribution in [0.4, 0.5) is 0 Å². The minimum absolute atomic E-state index is 0.424. The van der Waals surface area contributed by atoms with Crippen molar-refractivity contribution in [1.29, 1.82) is 0 Å². The topological polar surface area (TPSA) is 17.8 Å². The zero-order valence-corrected chi connectivity index (χ0v) is 13.4. The Morgan fingerprint density at radius 3 is 2.76 bits per heavy atom. The third kappa shape index (κ3) is 1.53. The monoisotopic (exact) mass is 376 g/mol. The fourth-order valence-corrected chi connectivity index (χ4v) is 3.95. The van der Waals surface area contributed by atoms with Crippen molar-refractivity contribution in [2.24, 2.45) is 0 Å². The van der Waals surface area contributed by atoms with E-state index in [4.69, 9.17) is 11.6 Å². The lowest BCUT2D eigenvalue weighted by Crippen LogP contribution is -2.14. The lowest BCUT2D eigenvalue weighted by atomic mass is 9.96. The number of benzene rings is 1. The summed E-state index contributed by atoms with van der Waals surface area (Å²) in [6, 6.07) is 0.424. The molecule has 17 heavy (non-hydrogen) atoms. The summed E-state index contributed by atoms with van der Waals surface area (Å²) in [5, 5.41) is 0.589. The van der Waals surface area contributed by atoms with Crippen LogP contribution in [0.5, 0.6) is 0 Å². The fourth-order valence-electron chi connectivity index (χ4n) is 2.62. The third-order valence-corrected chi connectivity index (χ3v) is 6.15. The van der Waals surface area contributed by atoms with E-state index >= 15 is 0 Å². The van der Waals surface area contributed by atoms with Gasteiger partial charge in [0.15, 0.2) is 0 Å². The number of nitrogens with zero attached hydrogens (tertiary/aromatic N) is 2. The number of halogens is 3. The van der Waals surface area contributed by atoms with Gasteiger partial charge in [0.1, 0.15) is 5.52 Å². The van der Waals surface area contributed by atoms with Crippen LogP contribution in [0.3, 0.4) is 0 Å². The average Bonchev–Trinajstić information content (AvgIpc) is 2.65. The van der Waals surface area contributed by atoms with Crippen molar-refractivity contribution in [3.05, 3.63) is 25.4 Å². The maximum Gasteiger partial charge on any atom is 0.204 e. The Morgan fingerprint density at radius 1 is 1.35 bits per heavy atom. The molecule has 90 valence electrons. The maximum absolute atomic E-state index is 6.26. The van der Waals surface area contributed by atoms with Gasteiger partial charge in [-0.2, -0.15) is 0 Å². The van der Waals surface area contributed by atoms with Crippen molar-refractivity contribution in [3.8, 4) is 0 Å². The van der Waals surface area contributed by atoms with E-state index in [1.54, 1.807) is 0 Å². The normalized spacial score (nSPS) is 19.0. The van der Waals surface area contributed by atoms with Gasteiger partial charge in [-0.25, -0.2) is 4.98 Å². The molecule has 1 unspecified atom stereocenters. The summed E-state index contributed by atoms with van der Waals surface area (Å²) in [6.07, 6.45) is 2.21. The predicted molar refractivity (Wildman–Crippen MR) is 77.9 cm³/mol. The highest BCUT2D eigenvalue weighted by Gasteiger charge is 2.26. The molecule has 0 amide bonds. The molecule has 1 aromatic carbocycles. The lowest BCUT2D eigenvalue weighted by molar-refractivity contribution is 0.501. The first-order chi connectivity index (χ1) is 8.02. The second kappa shape index (κ2) is 3.97. The van der Waals surface area contributed by atoms with Gasteiger partial charge in [-0.3, -0.25) is 0 Å². The van der Waals surface area contributed by atoms with Crippen molar-refractivity contribution >= 4 is 54.5 Å². The summed E-state index contributed by atoms with van der Waals surface area (Å²) in [4.78, 5) is 4.49. The van der Waals surface area contributed by atoms with Crippen molar-refractivity contribution in [2.45, 2.75) is 32.7 Å². The Hall–Kier alpha value is -0.0600. The highest BCUT2D eigenvalue weighted by Crippen LogP contribution is 2.43. The van der Waals surface area contributed by atoms with Gasteiger partial charge in [0.05, 0.1) is 9.99 Å². The van der Waals surface area contributed by atoms with E-state index in [0.717, 1.165) is 27.3 Å². The molecule has 2 heterocycles. The summed E-state index contributed by atoms with van der Waals surface area (Å²) in [7, 11) is 0. The smallest absolute Gasteiger partial charge is 0.204 e. The molecule has 0 aliphatic carbocycles. The number of rotatable bonds is 0. The standard InChI is InChI=1S/C12H11Br2ClN2/c1-5-3-4-7-6(2)8(13)9(14)10-11(7)17(5)12(15)16-10/h5H,3-4H2,1-2H3. The van der Waals surface area contributed by atoms with Crippen molar-refractivity contribution < 1.29 is 0 Å². The first kappa shape index (κ1) is 12.0. The number of hydrogen-bond donors (Lipinski definition) is 0.